The molecule has 1 aliphatic heterocycles. The summed E-state index contributed by atoms with van der Waals surface area (Å²) < 4.78 is 3.62. The van der Waals surface area contributed by atoms with Gasteiger partial charge in [-0.1, -0.05) is 30.3 Å². The fourth-order valence-corrected chi connectivity index (χ4v) is 4.11. The molecule has 0 spiro atoms. The van der Waals surface area contributed by atoms with Crippen molar-refractivity contribution in [2.24, 2.45) is 0 Å². The van der Waals surface area contributed by atoms with E-state index in [0.717, 1.165) is 43.0 Å². The van der Waals surface area contributed by atoms with Crippen molar-refractivity contribution in [3.8, 4) is 0 Å². The first-order valence-corrected chi connectivity index (χ1v) is 10.1. The number of hydrogen-bond donors (Lipinski definition) is 1. The number of rotatable bonds is 4. The summed E-state index contributed by atoms with van der Waals surface area (Å²) >= 11 is 0. The van der Waals surface area contributed by atoms with Crippen molar-refractivity contribution < 1.29 is 4.79 Å². The van der Waals surface area contributed by atoms with Gasteiger partial charge in [-0.3, -0.25) is 14.2 Å². The Balaban J connectivity index is 1.78. The van der Waals surface area contributed by atoms with Crippen molar-refractivity contribution in [1.82, 2.24) is 19.2 Å². The third-order valence-corrected chi connectivity index (χ3v) is 5.48. The summed E-state index contributed by atoms with van der Waals surface area (Å²) in [4.78, 5) is 27.2. The third kappa shape index (κ3) is 3.10. The van der Waals surface area contributed by atoms with Crippen LogP contribution in [0.1, 0.15) is 25.3 Å². The summed E-state index contributed by atoms with van der Waals surface area (Å²) in [5.41, 5.74) is 2.17. The topological polar surface area (TPSA) is 84.5 Å². The highest BCUT2D eigenvalue weighted by atomic mass is 16.1. The quantitative estimate of drug-likeness (QED) is 0.567. The molecule has 0 bridgehead atoms. The molecule has 8 nitrogen and oxygen atoms in total. The number of nitrogens with zero attached hydrogens (tertiary/aromatic N) is 5. The van der Waals surface area contributed by atoms with E-state index in [9.17, 15) is 9.59 Å². The zero-order valence-corrected chi connectivity index (χ0v) is 16.7. The molecule has 4 aromatic rings. The molecule has 1 saturated heterocycles. The molecule has 2 aromatic carbocycles. The van der Waals surface area contributed by atoms with E-state index in [-0.39, 0.29) is 11.5 Å². The summed E-state index contributed by atoms with van der Waals surface area (Å²) in [6.07, 6.45) is 2.23. The van der Waals surface area contributed by atoms with E-state index in [0.29, 0.717) is 23.4 Å². The minimum absolute atomic E-state index is 0.158. The Morgan fingerprint density at radius 1 is 1.07 bits per heavy atom. The lowest BCUT2D eigenvalue weighted by atomic mass is 10.2. The van der Waals surface area contributed by atoms with Gasteiger partial charge in [-0.15, -0.1) is 10.2 Å². The van der Waals surface area contributed by atoms with Crippen LogP contribution < -0.4 is 15.8 Å². The number of nitrogens with one attached hydrogen (secondary N) is 1. The van der Waals surface area contributed by atoms with Gasteiger partial charge in [0.2, 0.25) is 17.6 Å². The zero-order valence-electron chi connectivity index (χ0n) is 16.7. The van der Waals surface area contributed by atoms with Gasteiger partial charge in [0.15, 0.2) is 0 Å². The largest absolute Gasteiger partial charge is 0.341 e. The number of benzene rings is 2. The zero-order chi connectivity index (χ0) is 20.7. The van der Waals surface area contributed by atoms with E-state index < -0.39 is 0 Å². The molecule has 1 N–H and O–H groups in total. The van der Waals surface area contributed by atoms with E-state index in [1.54, 1.807) is 16.7 Å². The highest BCUT2D eigenvalue weighted by molar-refractivity contribution is 5.92. The fourth-order valence-electron chi connectivity index (χ4n) is 4.11. The van der Waals surface area contributed by atoms with Crippen LogP contribution in [0, 0.1) is 0 Å². The summed E-state index contributed by atoms with van der Waals surface area (Å²) in [5, 5.41) is 12.1. The van der Waals surface area contributed by atoms with Gasteiger partial charge < -0.3 is 10.2 Å². The molecule has 1 aliphatic rings. The van der Waals surface area contributed by atoms with Gasteiger partial charge in [-0.2, -0.15) is 0 Å². The summed E-state index contributed by atoms with van der Waals surface area (Å²) in [5.74, 6) is 1.09. The predicted molar refractivity (Wildman–Crippen MR) is 116 cm³/mol. The minimum Gasteiger partial charge on any atom is -0.341 e. The molecule has 8 heteroatoms. The van der Waals surface area contributed by atoms with E-state index in [4.69, 9.17) is 0 Å². The molecule has 30 heavy (non-hydrogen) atoms. The Morgan fingerprint density at radius 3 is 2.57 bits per heavy atom. The van der Waals surface area contributed by atoms with Crippen molar-refractivity contribution in [1.29, 1.82) is 0 Å². The normalized spacial score (nSPS) is 14.0. The number of fused-ring (bicyclic) bond motifs is 3. The number of carbonyl (C=O) groups excluding carboxylic acids is 1. The maximum atomic E-state index is 13.5. The highest BCUT2D eigenvalue weighted by Crippen LogP contribution is 2.25. The Bertz CT molecular complexity index is 1300. The molecule has 0 aliphatic carbocycles. The minimum atomic E-state index is -0.179. The van der Waals surface area contributed by atoms with Gasteiger partial charge in [0.05, 0.1) is 17.4 Å². The first kappa shape index (κ1) is 18.4. The van der Waals surface area contributed by atoms with Crippen molar-refractivity contribution in [2.75, 3.05) is 23.3 Å². The lowest BCUT2D eigenvalue weighted by Crippen LogP contribution is -2.26. The Labute approximate surface area is 172 Å². The van der Waals surface area contributed by atoms with Crippen molar-refractivity contribution >= 4 is 34.2 Å². The maximum absolute atomic E-state index is 13.5. The van der Waals surface area contributed by atoms with Gasteiger partial charge in [0, 0.05) is 25.7 Å². The van der Waals surface area contributed by atoms with Gasteiger partial charge in [-0.25, -0.2) is 4.40 Å². The number of hydrogen-bond acceptors (Lipinski definition) is 5. The van der Waals surface area contributed by atoms with Crippen LogP contribution in [0.25, 0.3) is 16.7 Å². The van der Waals surface area contributed by atoms with E-state index in [1.807, 2.05) is 40.8 Å². The van der Waals surface area contributed by atoms with Crippen molar-refractivity contribution in [3.63, 3.8) is 0 Å². The molecule has 5 rings (SSSR count). The monoisotopic (exact) mass is 402 g/mol. The Morgan fingerprint density at radius 2 is 1.83 bits per heavy atom. The SMILES string of the molecule is CC(=O)Nc1ccc2c(c1)c(=O)n(Cc1ccccc1)c1nnc(N3CCCC3)n21. The smallest absolute Gasteiger partial charge is 0.263 e. The standard InChI is InChI=1S/C22H22N6O2/c1-15(29)23-17-9-10-19-18(13-17)20(30)27(14-16-7-3-2-4-8-16)22-25-24-21(28(19)22)26-11-5-6-12-26/h2-4,7-10,13H,5-6,11-12,14H2,1H3,(H,23,29). The van der Waals surface area contributed by atoms with E-state index >= 15 is 0 Å². The van der Waals surface area contributed by atoms with Crippen LogP contribution in [-0.2, 0) is 11.3 Å². The van der Waals surface area contributed by atoms with Crippen LogP contribution in [0.3, 0.4) is 0 Å². The second-order valence-electron chi connectivity index (χ2n) is 7.62. The van der Waals surface area contributed by atoms with E-state index in [1.165, 1.54) is 6.92 Å². The average Bonchev–Trinajstić information content (AvgIpc) is 3.41. The molecule has 2 aromatic heterocycles. The molecule has 0 radical (unpaired) electrons. The third-order valence-electron chi connectivity index (χ3n) is 5.48. The molecule has 0 atom stereocenters. The first-order valence-electron chi connectivity index (χ1n) is 10.1. The van der Waals surface area contributed by atoms with Crippen LogP contribution >= 0.6 is 0 Å². The summed E-state index contributed by atoms with van der Waals surface area (Å²) in [6, 6.07) is 15.2. The summed E-state index contributed by atoms with van der Waals surface area (Å²) in [6.45, 7) is 3.68. The van der Waals surface area contributed by atoms with Gasteiger partial charge in [0.1, 0.15) is 0 Å². The fraction of sp³-hybridized carbons (Fsp3) is 0.273. The molecule has 0 unspecified atom stereocenters. The number of carbonyl (C=O) groups is 1. The Hall–Kier alpha value is -3.68. The molecule has 152 valence electrons. The maximum Gasteiger partial charge on any atom is 0.263 e. The number of amides is 1. The second-order valence-corrected chi connectivity index (χ2v) is 7.62. The number of anilines is 2. The van der Waals surface area contributed by atoms with Crippen LogP contribution in [0.5, 0.6) is 0 Å². The molecular weight excluding hydrogens is 380 g/mol. The first-order chi connectivity index (χ1) is 14.6. The average molecular weight is 402 g/mol. The van der Waals surface area contributed by atoms with Crippen molar-refractivity contribution in [2.45, 2.75) is 26.3 Å². The lowest BCUT2D eigenvalue weighted by Gasteiger charge is -2.17. The van der Waals surface area contributed by atoms with Crippen molar-refractivity contribution in [3.05, 3.63) is 64.4 Å². The van der Waals surface area contributed by atoms with Gasteiger partial charge in [-0.05, 0) is 36.6 Å². The van der Waals surface area contributed by atoms with Crippen LogP contribution in [0.2, 0.25) is 0 Å². The van der Waals surface area contributed by atoms with Crippen LogP contribution in [0.15, 0.2) is 53.3 Å². The lowest BCUT2D eigenvalue weighted by molar-refractivity contribution is -0.114. The second kappa shape index (κ2) is 7.29. The molecule has 1 fully saturated rings. The molecular formula is C22H22N6O2. The molecule has 0 saturated carbocycles. The number of aromatic nitrogens is 4. The van der Waals surface area contributed by atoms with Crippen LogP contribution in [0.4, 0.5) is 11.6 Å². The van der Waals surface area contributed by atoms with E-state index in [2.05, 4.69) is 20.4 Å². The predicted octanol–water partition coefficient (Wildman–Crippen LogP) is 2.65. The highest BCUT2D eigenvalue weighted by Gasteiger charge is 2.22. The Kier molecular flexibility index (Phi) is 4.46. The summed E-state index contributed by atoms with van der Waals surface area (Å²) in [7, 11) is 0. The molecule has 3 heterocycles. The molecule has 1 amide bonds. The van der Waals surface area contributed by atoms with Gasteiger partial charge in [0.25, 0.3) is 5.56 Å². The van der Waals surface area contributed by atoms with Crippen LogP contribution in [-0.4, -0.2) is 38.2 Å². The van der Waals surface area contributed by atoms with Gasteiger partial charge >= 0.3 is 0 Å².